The van der Waals surface area contributed by atoms with Crippen LogP contribution in [0, 0.1) is 0 Å². The second-order valence-corrected chi connectivity index (χ2v) is 8.67. The van der Waals surface area contributed by atoms with E-state index in [-0.39, 0.29) is 22.4 Å². The number of sulfonamides is 1. The van der Waals surface area contributed by atoms with Crippen LogP contribution in [-0.4, -0.2) is 49.0 Å². The normalized spacial score (nSPS) is 14.6. The maximum atomic E-state index is 12.6. The van der Waals surface area contributed by atoms with E-state index < -0.39 is 15.9 Å². The molecular formula is C20H20N4O5S. The standard InChI is InChI=1S/C20H20N4O5S/c1-28-16-6-4-5-15(13-16)19-22-23-20(29-19)21-18(25)14-7-9-17(10-8-14)30(26,27)24-11-2-3-12-24/h4-10,13H,2-3,11-12H2,1H3,(H,21,23,25). The third-order valence-electron chi connectivity index (χ3n) is 4.78. The van der Waals surface area contributed by atoms with Gasteiger partial charge in [0, 0.05) is 24.2 Å². The number of hydrogen-bond donors (Lipinski definition) is 1. The zero-order chi connectivity index (χ0) is 21.1. The molecule has 0 spiro atoms. The van der Waals surface area contributed by atoms with E-state index in [0.717, 1.165) is 12.8 Å². The minimum absolute atomic E-state index is 0.0633. The van der Waals surface area contributed by atoms with Gasteiger partial charge in [0.1, 0.15) is 5.75 Å². The minimum atomic E-state index is -3.52. The summed E-state index contributed by atoms with van der Waals surface area (Å²) in [6.45, 7) is 1.05. The number of ether oxygens (including phenoxy) is 1. The van der Waals surface area contributed by atoms with Crippen molar-refractivity contribution < 1.29 is 22.4 Å². The van der Waals surface area contributed by atoms with E-state index in [4.69, 9.17) is 9.15 Å². The average Bonchev–Trinajstić information content (AvgIpc) is 3.47. The second kappa shape index (κ2) is 8.25. The van der Waals surface area contributed by atoms with Gasteiger partial charge in [-0.1, -0.05) is 11.2 Å². The van der Waals surface area contributed by atoms with Crippen molar-refractivity contribution in [2.75, 3.05) is 25.5 Å². The molecule has 156 valence electrons. The van der Waals surface area contributed by atoms with E-state index in [2.05, 4.69) is 15.5 Å². The predicted molar refractivity (Wildman–Crippen MR) is 109 cm³/mol. The number of aromatic nitrogens is 2. The Balaban J connectivity index is 1.46. The van der Waals surface area contributed by atoms with Crippen molar-refractivity contribution >= 4 is 21.9 Å². The highest BCUT2D eigenvalue weighted by molar-refractivity contribution is 7.89. The van der Waals surface area contributed by atoms with Crippen molar-refractivity contribution in [1.82, 2.24) is 14.5 Å². The highest BCUT2D eigenvalue weighted by Gasteiger charge is 2.27. The Morgan fingerprint density at radius 3 is 2.53 bits per heavy atom. The Hall–Kier alpha value is -3.24. The van der Waals surface area contributed by atoms with Gasteiger partial charge in [-0.05, 0) is 55.3 Å². The number of rotatable bonds is 6. The molecule has 0 aliphatic carbocycles. The van der Waals surface area contributed by atoms with Gasteiger partial charge in [-0.2, -0.15) is 4.31 Å². The van der Waals surface area contributed by atoms with Crippen LogP contribution in [0.1, 0.15) is 23.2 Å². The third-order valence-corrected chi connectivity index (χ3v) is 6.69. The van der Waals surface area contributed by atoms with Crippen molar-refractivity contribution in [2.45, 2.75) is 17.7 Å². The zero-order valence-electron chi connectivity index (χ0n) is 16.2. The van der Waals surface area contributed by atoms with Gasteiger partial charge in [0.15, 0.2) is 0 Å². The Morgan fingerprint density at radius 1 is 1.10 bits per heavy atom. The fraction of sp³-hybridized carbons (Fsp3) is 0.250. The summed E-state index contributed by atoms with van der Waals surface area (Å²) >= 11 is 0. The molecule has 0 unspecified atom stereocenters. The van der Waals surface area contributed by atoms with Gasteiger partial charge in [-0.15, -0.1) is 5.10 Å². The number of carbonyl (C=O) groups is 1. The first kappa shape index (κ1) is 20.0. The average molecular weight is 428 g/mol. The first-order chi connectivity index (χ1) is 14.5. The SMILES string of the molecule is COc1cccc(-c2nnc(NC(=O)c3ccc(S(=O)(=O)N4CCCC4)cc3)o2)c1. The highest BCUT2D eigenvalue weighted by Crippen LogP contribution is 2.24. The molecule has 9 nitrogen and oxygen atoms in total. The number of benzene rings is 2. The number of carbonyl (C=O) groups excluding carboxylic acids is 1. The summed E-state index contributed by atoms with van der Waals surface area (Å²) < 4.78 is 37.3. The molecule has 1 aromatic heterocycles. The molecule has 1 aliphatic heterocycles. The van der Waals surface area contributed by atoms with Crippen LogP contribution in [0.3, 0.4) is 0 Å². The Labute approximate surface area is 173 Å². The largest absolute Gasteiger partial charge is 0.497 e. The summed E-state index contributed by atoms with van der Waals surface area (Å²) in [5.74, 6) is 0.387. The summed E-state index contributed by atoms with van der Waals surface area (Å²) in [7, 11) is -1.97. The summed E-state index contributed by atoms with van der Waals surface area (Å²) in [5, 5.41) is 10.3. The van der Waals surface area contributed by atoms with E-state index >= 15 is 0 Å². The van der Waals surface area contributed by atoms with Gasteiger partial charge in [-0.3, -0.25) is 10.1 Å². The number of anilines is 1. The molecule has 1 fully saturated rings. The Kier molecular flexibility index (Phi) is 5.51. The lowest BCUT2D eigenvalue weighted by Gasteiger charge is -2.15. The van der Waals surface area contributed by atoms with E-state index in [1.54, 1.807) is 31.4 Å². The first-order valence-electron chi connectivity index (χ1n) is 9.37. The molecule has 2 aromatic carbocycles. The van der Waals surface area contributed by atoms with E-state index in [1.165, 1.54) is 28.6 Å². The number of hydrogen-bond acceptors (Lipinski definition) is 7. The molecule has 1 amide bonds. The molecule has 0 atom stereocenters. The molecular weight excluding hydrogens is 408 g/mol. The van der Waals surface area contributed by atoms with Crippen LogP contribution < -0.4 is 10.1 Å². The van der Waals surface area contributed by atoms with Crippen LogP contribution in [0.5, 0.6) is 5.75 Å². The van der Waals surface area contributed by atoms with Crippen LogP contribution in [-0.2, 0) is 10.0 Å². The summed E-state index contributed by atoms with van der Waals surface area (Å²) in [5.41, 5.74) is 0.926. The van der Waals surface area contributed by atoms with Gasteiger partial charge in [0.25, 0.3) is 5.91 Å². The van der Waals surface area contributed by atoms with E-state index in [1.807, 2.05) is 0 Å². The van der Waals surface area contributed by atoms with Gasteiger partial charge in [0.05, 0.1) is 12.0 Å². The number of nitrogens with zero attached hydrogens (tertiary/aromatic N) is 3. The van der Waals surface area contributed by atoms with Crippen molar-refractivity contribution in [3.63, 3.8) is 0 Å². The Morgan fingerprint density at radius 2 is 1.83 bits per heavy atom. The molecule has 0 bridgehead atoms. The van der Waals surface area contributed by atoms with Crippen molar-refractivity contribution in [3.8, 4) is 17.2 Å². The van der Waals surface area contributed by atoms with Gasteiger partial charge < -0.3 is 9.15 Å². The van der Waals surface area contributed by atoms with Crippen LogP contribution in [0.4, 0.5) is 6.01 Å². The summed E-state index contributed by atoms with van der Waals surface area (Å²) in [6, 6.07) is 12.8. The fourth-order valence-corrected chi connectivity index (χ4v) is 4.69. The molecule has 1 aliphatic rings. The molecule has 2 heterocycles. The number of methoxy groups -OCH3 is 1. The van der Waals surface area contributed by atoms with Crippen LogP contribution >= 0.6 is 0 Å². The molecule has 0 saturated carbocycles. The summed E-state index contributed by atoms with van der Waals surface area (Å²) in [4.78, 5) is 12.6. The molecule has 0 radical (unpaired) electrons. The topological polar surface area (TPSA) is 115 Å². The maximum Gasteiger partial charge on any atom is 0.322 e. The van der Waals surface area contributed by atoms with Crippen LogP contribution in [0.25, 0.3) is 11.5 Å². The lowest BCUT2D eigenvalue weighted by atomic mass is 10.2. The predicted octanol–water partition coefficient (Wildman–Crippen LogP) is 2.78. The van der Waals surface area contributed by atoms with Crippen LogP contribution in [0.15, 0.2) is 57.8 Å². The van der Waals surface area contributed by atoms with Gasteiger partial charge in [-0.25, -0.2) is 8.42 Å². The maximum absolute atomic E-state index is 12.6. The molecule has 4 rings (SSSR count). The number of amides is 1. The lowest BCUT2D eigenvalue weighted by molar-refractivity contribution is 0.102. The molecule has 10 heteroatoms. The summed E-state index contributed by atoms with van der Waals surface area (Å²) in [6.07, 6.45) is 1.73. The lowest BCUT2D eigenvalue weighted by Crippen LogP contribution is -2.27. The highest BCUT2D eigenvalue weighted by atomic mass is 32.2. The third kappa shape index (κ3) is 4.05. The zero-order valence-corrected chi connectivity index (χ0v) is 17.1. The van der Waals surface area contributed by atoms with Gasteiger partial charge in [0.2, 0.25) is 15.9 Å². The molecule has 1 N–H and O–H groups in total. The molecule has 30 heavy (non-hydrogen) atoms. The number of nitrogens with one attached hydrogen (secondary N) is 1. The monoisotopic (exact) mass is 428 g/mol. The van der Waals surface area contributed by atoms with Crippen molar-refractivity contribution in [2.24, 2.45) is 0 Å². The molecule has 1 saturated heterocycles. The minimum Gasteiger partial charge on any atom is -0.497 e. The second-order valence-electron chi connectivity index (χ2n) is 6.73. The quantitative estimate of drug-likeness (QED) is 0.642. The van der Waals surface area contributed by atoms with Crippen molar-refractivity contribution in [3.05, 3.63) is 54.1 Å². The van der Waals surface area contributed by atoms with Gasteiger partial charge >= 0.3 is 6.01 Å². The first-order valence-corrected chi connectivity index (χ1v) is 10.8. The molecule has 3 aromatic rings. The fourth-order valence-electron chi connectivity index (χ4n) is 3.17. The van der Waals surface area contributed by atoms with E-state index in [9.17, 15) is 13.2 Å². The van der Waals surface area contributed by atoms with E-state index in [0.29, 0.717) is 24.4 Å². The van der Waals surface area contributed by atoms with Crippen LogP contribution in [0.2, 0.25) is 0 Å². The Bertz CT molecular complexity index is 1150. The van der Waals surface area contributed by atoms with Crippen molar-refractivity contribution in [1.29, 1.82) is 0 Å². The smallest absolute Gasteiger partial charge is 0.322 e.